The lowest BCUT2D eigenvalue weighted by Gasteiger charge is -2.18. The van der Waals surface area contributed by atoms with Crippen LogP contribution in [0.3, 0.4) is 0 Å². The molecular weight excluding hydrogens is 260 g/mol. The van der Waals surface area contributed by atoms with Crippen molar-refractivity contribution in [3.05, 3.63) is 34.9 Å². The molecule has 0 aromatic heterocycles. The number of hydrogen-bond donors (Lipinski definition) is 0. The highest BCUT2D eigenvalue weighted by molar-refractivity contribution is 6.63. The van der Waals surface area contributed by atoms with E-state index in [-0.39, 0.29) is 5.57 Å². The second-order valence-corrected chi connectivity index (χ2v) is 4.13. The van der Waals surface area contributed by atoms with E-state index in [1.165, 1.54) is 0 Å². The van der Waals surface area contributed by atoms with Gasteiger partial charge in [-0.25, -0.2) is 0 Å². The standard InChI is InChI=1S/C12H5ClO5/c13-7-4-9(16)10(12(18)11(7)17)6-3-5(14)1-2-8(6)15/h1-4,10H. The summed E-state index contributed by atoms with van der Waals surface area (Å²) in [5, 5.41) is -0.480. The van der Waals surface area contributed by atoms with Crippen molar-refractivity contribution in [2.24, 2.45) is 5.92 Å². The van der Waals surface area contributed by atoms with Crippen molar-refractivity contribution < 1.29 is 24.0 Å². The lowest BCUT2D eigenvalue weighted by atomic mass is 9.81. The van der Waals surface area contributed by atoms with Crippen LogP contribution in [-0.4, -0.2) is 28.9 Å². The van der Waals surface area contributed by atoms with Gasteiger partial charge in [-0.05, 0) is 18.2 Å². The van der Waals surface area contributed by atoms with E-state index >= 15 is 0 Å². The third-order valence-electron chi connectivity index (χ3n) is 2.55. The van der Waals surface area contributed by atoms with Gasteiger partial charge in [-0.1, -0.05) is 11.6 Å². The lowest BCUT2D eigenvalue weighted by molar-refractivity contribution is -0.140. The number of hydrogen-bond acceptors (Lipinski definition) is 5. The van der Waals surface area contributed by atoms with Crippen LogP contribution >= 0.6 is 11.6 Å². The van der Waals surface area contributed by atoms with Crippen LogP contribution in [0, 0.1) is 5.92 Å². The first-order chi connectivity index (χ1) is 8.41. The molecule has 1 atom stereocenters. The largest absolute Gasteiger partial charge is 0.294 e. The van der Waals surface area contributed by atoms with Gasteiger partial charge in [0, 0.05) is 11.6 Å². The van der Waals surface area contributed by atoms with Crippen LogP contribution in [0.4, 0.5) is 0 Å². The lowest BCUT2D eigenvalue weighted by Crippen LogP contribution is -2.37. The molecule has 0 N–H and O–H groups in total. The summed E-state index contributed by atoms with van der Waals surface area (Å²) in [6.07, 6.45) is 3.67. The summed E-state index contributed by atoms with van der Waals surface area (Å²) >= 11 is 5.41. The van der Waals surface area contributed by atoms with Gasteiger partial charge in [0.25, 0.3) is 0 Å². The molecule has 2 aliphatic carbocycles. The number of rotatable bonds is 1. The van der Waals surface area contributed by atoms with E-state index in [1.807, 2.05) is 0 Å². The first-order valence-electron chi connectivity index (χ1n) is 4.89. The Kier molecular flexibility index (Phi) is 2.92. The summed E-state index contributed by atoms with van der Waals surface area (Å²) in [6.45, 7) is 0. The zero-order chi connectivity index (χ0) is 13.4. The molecule has 1 unspecified atom stereocenters. The second-order valence-electron chi connectivity index (χ2n) is 3.72. The number of Topliss-reactive ketones (excluding diaryl/α,β-unsaturated/α-hetero) is 2. The summed E-state index contributed by atoms with van der Waals surface area (Å²) in [5.74, 6) is -5.60. The first kappa shape index (κ1) is 12.3. The third-order valence-corrected chi connectivity index (χ3v) is 2.83. The zero-order valence-corrected chi connectivity index (χ0v) is 9.56. The topological polar surface area (TPSA) is 85.3 Å². The Morgan fingerprint density at radius 1 is 0.944 bits per heavy atom. The van der Waals surface area contributed by atoms with E-state index in [0.717, 1.165) is 24.3 Å². The van der Waals surface area contributed by atoms with Crippen molar-refractivity contribution in [3.63, 3.8) is 0 Å². The molecule has 5 nitrogen and oxygen atoms in total. The zero-order valence-electron chi connectivity index (χ0n) is 8.81. The van der Waals surface area contributed by atoms with Gasteiger partial charge in [-0.3, -0.25) is 24.0 Å². The van der Waals surface area contributed by atoms with Gasteiger partial charge in [-0.2, -0.15) is 0 Å². The minimum Gasteiger partial charge on any atom is -0.294 e. The van der Waals surface area contributed by atoms with E-state index in [2.05, 4.69) is 0 Å². The van der Waals surface area contributed by atoms with E-state index in [4.69, 9.17) is 11.6 Å². The molecule has 18 heavy (non-hydrogen) atoms. The molecule has 0 aromatic rings. The van der Waals surface area contributed by atoms with Crippen molar-refractivity contribution in [3.8, 4) is 0 Å². The van der Waals surface area contributed by atoms with Crippen LogP contribution in [0.1, 0.15) is 0 Å². The average Bonchev–Trinajstić information content (AvgIpc) is 2.31. The number of carbonyl (C=O) groups is 5. The monoisotopic (exact) mass is 264 g/mol. The molecule has 0 saturated heterocycles. The maximum atomic E-state index is 11.7. The Balaban J connectivity index is 2.49. The quantitative estimate of drug-likeness (QED) is 0.380. The molecule has 0 amide bonds. The summed E-state index contributed by atoms with van der Waals surface area (Å²) < 4.78 is 0. The Morgan fingerprint density at radius 2 is 1.61 bits per heavy atom. The third kappa shape index (κ3) is 1.89. The van der Waals surface area contributed by atoms with Crippen LogP contribution in [0.15, 0.2) is 34.9 Å². The summed E-state index contributed by atoms with van der Waals surface area (Å²) in [6, 6.07) is 0. The fourth-order valence-corrected chi connectivity index (χ4v) is 1.90. The molecule has 90 valence electrons. The van der Waals surface area contributed by atoms with Gasteiger partial charge in [0.1, 0.15) is 5.92 Å². The summed E-state index contributed by atoms with van der Waals surface area (Å²) in [7, 11) is 0. The predicted molar refractivity (Wildman–Crippen MR) is 59.7 cm³/mol. The number of carbonyl (C=O) groups excluding carboxylic acids is 5. The molecule has 0 radical (unpaired) electrons. The van der Waals surface area contributed by atoms with Gasteiger partial charge >= 0.3 is 0 Å². The van der Waals surface area contributed by atoms with Gasteiger partial charge in [0.2, 0.25) is 11.6 Å². The molecule has 6 heteroatoms. The molecule has 0 fully saturated rings. The van der Waals surface area contributed by atoms with Crippen LogP contribution in [0.5, 0.6) is 0 Å². The molecule has 0 spiro atoms. The van der Waals surface area contributed by atoms with E-state index in [0.29, 0.717) is 0 Å². The fraction of sp³-hybridized carbons (Fsp3) is 0.0833. The van der Waals surface area contributed by atoms with Crippen molar-refractivity contribution in [1.82, 2.24) is 0 Å². The smallest absolute Gasteiger partial charge is 0.241 e. The van der Waals surface area contributed by atoms with Gasteiger partial charge in [0.05, 0.1) is 5.03 Å². The normalized spacial score (nSPS) is 24.3. The molecule has 2 rings (SSSR count). The fourth-order valence-electron chi connectivity index (χ4n) is 1.70. The second kappa shape index (κ2) is 4.27. The maximum Gasteiger partial charge on any atom is 0.241 e. The molecule has 0 bridgehead atoms. The van der Waals surface area contributed by atoms with Crippen molar-refractivity contribution in [2.45, 2.75) is 0 Å². The van der Waals surface area contributed by atoms with Crippen LogP contribution in [0.2, 0.25) is 0 Å². The molecule has 0 heterocycles. The van der Waals surface area contributed by atoms with E-state index in [1.54, 1.807) is 0 Å². The average molecular weight is 265 g/mol. The van der Waals surface area contributed by atoms with Gasteiger partial charge in [-0.15, -0.1) is 0 Å². The predicted octanol–water partition coefficient (Wildman–Crippen LogP) is 0.0806. The SMILES string of the molecule is O=C1C=CC(=O)C(C2C(=O)C=C(Cl)C(=O)C2=O)=C1. The number of allylic oxidation sites excluding steroid dienone is 6. The van der Waals surface area contributed by atoms with Gasteiger partial charge < -0.3 is 0 Å². The Labute approximate surface area is 106 Å². The van der Waals surface area contributed by atoms with Crippen LogP contribution < -0.4 is 0 Å². The van der Waals surface area contributed by atoms with Crippen molar-refractivity contribution in [1.29, 1.82) is 0 Å². The molecular formula is C12H5ClO5. The Hall–Kier alpha value is -2.14. The number of halogens is 1. The van der Waals surface area contributed by atoms with Crippen molar-refractivity contribution >= 4 is 40.5 Å². The van der Waals surface area contributed by atoms with E-state index < -0.39 is 39.9 Å². The maximum absolute atomic E-state index is 11.7. The van der Waals surface area contributed by atoms with Crippen LogP contribution in [-0.2, 0) is 24.0 Å². The van der Waals surface area contributed by atoms with Gasteiger partial charge in [0.15, 0.2) is 17.3 Å². The molecule has 0 aromatic carbocycles. The first-order valence-corrected chi connectivity index (χ1v) is 5.27. The Bertz CT molecular complexity index is 606. The highest BCUT2D eigenvalue weighted by atomic mass is 35.5. The Morgan fingerprint density at radius 3 is 2.28 bits per heavy atom. The number of ketones is 5. The molecule has 2 aliphatic rings. The minimum atomic E-state index is -1.55. The summed E-state index contributed by atoms with van der Waals surface area (Å²) in [4.78, 5) is 57.4. The molecule has 0 aliphatic heterocycles. The minimum absolute atomic E-state index is 0.286. The van der Waals surface area contributed by atoms with Crippen LogP contribution in [0.25, 0.3) is 0 Å². The highest BCUT2D eigenvalue weighted by Crippen LogP contribution is 2.25. The van der Waals surface area contributed by atoms with E-state index in [9.17, 15) is 24.0 Å². The van der Waals surface area contributed by atoms with Crippen molar-refractivity contribution in [2.75, 3.05) is 0 Å². The highest BCUT2D eigenvalue weighted by Gasteiger charge is 2.41. The molecule has 0 saturated carbocycles. The summed E-state index contributed by atoms with van der Waals surface area (Å²) in [5.41, 5.74) is -0.286.